The van der Waals surface area contributed by atoms with Crippen LogP contribution in [0.5, 0.6) is 5.75 Å². The Kier molecular flexibility index (Phi) is 7.65. The summed E-state index contributed by atoms with van der Waals surface area (Å²) in [6, 6.07) is 17.3. The molecule has 2 aromatic carbocycles. The zero-order valence-corrected chi connectivity index (χ0v) is 19.1. The van der Waals surface area contributed by atoms with E-state index in [1.807, 2.05) is 68.4 Å². The predicted octanol–water partition coefficient (Wildman–Crippen LogP) is 4.44. The first-order valence-corrected chi connectivity index (χ1v) is 10.9. The number of carbonyl (C=O) groups excluding carboxylic acids is 2. The van der Waals surface area contributed by atoms with Crippen LogP contribution in [0.1, 0.15) is 32.4 Å². The molecule has 0 radical (unpaired) electrons. The summed E-state index contributed by atoms with van der Waals surface area (Å²) in [5, 5.41) is 7.74. The molecule has 0 saturated carbocycles. The highest BCUT2D eigenvalue weighted by atomic mass is 16.5. The molecule has 0 unspecified atom stereocenters. The monoisotopic (exact) mass is 434 g/mol. The molecule has 0 aliphatic rings. The zero-order chi connectivity index (χ0) is 23.1. The topological polar surface area (TPSA) is 76.5 Å². The van der Waals surface area contributed by atoms with Gasteiger partial charge < -0.3 is 15.0 Å². The van der Waals surface area contributed by atoms with E-state index in [9.17, 15) is 9.59 Å². The van der Waals surface area contributed by atoms with Crippen LogP contribution in [0.3, 0.4) is 0 Å². The zero-order valence-electron chi connectivity index (χ0n) is 19.1. The molecule has 3 rings (SSSR count). The third kappa shape index (κ3) is 5.17. The second-order valence-electron chi connectivity index (χ2n) is 7.50. The van der Waals surface area contributed by atoms with Crippen molar-refractivity contribution in [1.82, 2.24) is 14.7 Å². The summed E-state index contributed by atoms with van der Waals surface area (Å²) in [7, 11) is 1.62. The highest BCUT2D eigenvalue weighted by Crippen LogP contribution is 2.33. The van der Waals surface area contributed by atoms with Gasteiger partial charge in [0.2, 0.25) is 11.8 Å². The number of amides is 2. The Balaban J connectivity index is 2.01. The van der Waals surface area contributed by atoms with Crippen LogP contribution in [0.2, 0.25) is 0 Å². The van der Waals surface area contributed by atoms with Gasteiger partial charge in [-0.05, 0) is 43.2 Å². The maximum Gasteiger partial charge on any atom is 0.245 e. The van der Waals surface area contributed by atoms with E-state index >= 15 is 0 Å². The molecule has 0 saturated heterocycles. The molecule has 0 spiro atoms. The summed E-state index contributed by atoms with van der Waals surface area (Å²) in [6.07, 6.45) is 1.16. The number of benzene rings is 2. The van der Waals surface area contributed by atoms with Gasteiger partial charge in [-0.2, -0.15) is 5.10 Å². The SMILES string of the molecule is CCCN(CC(=O)Nc1c(-c2ccccc2)c(C)nn1-c1ccc(OC)cc1)C(=O)CC. The molecular weight excluding hydrogens is 404 g/mol. The number of hydrogen-bond donors (Lipinski definition) is 1. The van der Waals surface area contributed by atoms with Crippen LogP contribution >= 0.6 is 0 Å². The van der Waals surface area contributed by atoms with E-state index in [0.717, 1.165) is 34.7 Å². The molecule has 0 atom stereocenters. The number of hydrogen-bond acceptors (Lipinski definition) is 4. The molecule has 0 aliphatic heterocycles. The van der Waals surface area contributed by atoms with Gasteiger partial charge >= 0.3 is 0 Å². The Morgan fingerprint density at radius 3 is 2.34 bits per heavy atom. The standard InChI is InChI=1S/C25H30N4O3/c1-5-16-28(23(31)6-2)17-22(30)26-25-24(19-10-8-7-9-11-19)18(3)27-29(25)20-12-14-21(32-4)15-13-20/h7-15H,5-6,16-17H2,1-4H3,(H,26,30). The number of carbonyl (C=O) groups is 2. The summed E-state index contributed by atoms with van der Waals surface area (Å²) >= 11 is 0. The van der Waals surface area contributed by atoms with Crippen LogP contribution in [0.15, 0.2) is 54.6 Å². The predicted molar refractivity (Wildman–Crippen MR) is 126 cm³/mol. The number of aryl methyl sites for hydroxylation is 1. The number of anilines is 1. The number of nitrogens with one attached hydrogen (secondary N) is 1. The van der Waals surface area contributed by atoms with Crippen molar-refractivity contribution < 1.29 is 14.3 Å². The van der Waals surface area contributed by atoms with E-state index in [1.54, 1.807) is 23.6 Å². The summed E-state index contributed by atoms with van der Waals surface area (Å²) in [4.78, 5) is 26.9. The Morgan fingerprint density at radius 2 is 1.75 bits per heavy atom. The summed E-state index contributed by atoms with van der Waals surface area (Å²) in [6.45, 7) is 6.26. The van der Waals surface area contributed by atoms with Crippen LogP contribution in [0, 0.1) is 6.92 Å². The molecule has 32 heavy (non-hydrogen) atoms. The molecule has 0 fully saturated rings. The molecule has 7 heteroatoms. The van der Waals surface area contributed by atoms with Crippen molar-refractivity contribution in [3.05, 3.63) is 60.3 Å². The van der Waals surface area contributed by atoms with E-state index < -0.39 is 0 Å². The Bertz CT molecular complexity index is 1060. The van der Waals surface area contributed by atoms with Crippen molar-refractivity contribution in [3.8, 4) is 22.6 Å². The molecule has 3 aromatic rings. The Morgan fingerprint density at radius 1 is 1.06 bits per heavy atom. The van der Waals surface area contributed by atoms with Crippen molar-refractivity contribution in [2.24, 2.45) is 0 Å². The van der Waals surface area contributed by atoms with E-state index in [4.69, 9.17) is 9.84 Å². The Hall–Kier alpha value is -3.61. The molecule has 1 heterocycles. The van der Waals surface area contributed by atoms with E-state index in [0.29, 0.717) is 18.8 Å². The second kappa shape index (κ2) is 10.6. The molecular formula is C25H30N4O3. The van der Waals surface area contributed by atoms with Crippen molar-refractivity contribution >= 4 is 17.6 Å². The van der Waals surface area contributed by atoms with E-state index in [-0.39, 0.29) is 18.4 Å². The maximum atomic E-state index is 13.0. The largest absolute Gasteiger partial charge is 0.497 e. The minimum atomic E-state index is -0.257. The lowest BCUT2D eigenvalue weighted by atomic mass is 10.1. The quantitative estimate of drug-likeness (QED) is 0.540. The van der Waals surface area contributed by atoms with Gasteiger partial charge in [-0.15, -0.1) is 0 Å². The Labute approximate surface area is 189 Å². The summed E-state index contributed by atoms with van der Waals surface area (Å²) in [5.41, 5.74) is 3.38. The minimum absolute atomic E-state index is 0.00157. The average molecular weight is 435 g/mol. The number of rotatable bonds is 9. The van der Waals surface area contributed by atoms with Gasteiger partial charge in [0, 0.05) is 18.5 Å². The van der Waals surface area contributed by atoms with Crippen LogP contribution in [0.25, 0.3) is 16.8 Å². The number of ether oxygens (including phenoxy) is 1. The number of methoxy groups -OCH3 is 1. The van der Waals surface area contributed by atoms with Gasteiger partial charge in [0.05, 0.1) is 25.0 Å². The van der Waals surface area contributed by atoms with Crippen molar-refractivity contribution in [2.45, 2.75) is 33.6 Å². The van der Waals surface area contributed by atoms with Gasteiger partial charge in [-0.25, -0.2) is 4.68 Å². The fourth-order valence-electron chi connectivity index (χ4n) is 3.63. The smallest absolute Gasteiger partial charge is 0.245 e. The molecule has 1 aromatic heterocycles. The normalized spacial score (nSPS) is 10.6. The molecule has 2 amide bonds. The minimum Gasteiger partial charge on any atom is -0.497 e. The lowest BCUT2D eigenvalue weighted by Crippen LogP contribution is -2.38. The van der Waals surface area contributed by atoms with Crippen LogP contribution in [-0.4, -0.2) is 46.7 Å². The molecule has 0 bridgehead atoms. The number of nitrogens with zero attached hydrogens (tertiary/aromatic N) is 3. The van der Waals surface area contributed by atoms with Crippen LogP contribution in [0.4, 0.5) is 5.82 Å². The molecule has 1 N–H and O–H groups in total. The van der Waals surface area contributed by atoms with Gasteiger partial charge in [0.15, 0.2) is 0 Å². The molecule has 0 aliphatic carbocycles. The van der Waals surface area contributed by atoms with E-state index in [2.05, 4.69) is 5.32 Å². The van der Waals surface area contributed by atoms with Gasteiger partial charge in [-0.3, -0.25) is 9.59 Å². The fraction of sp³-hybridized carbons (Fsp3) is 0.320. The first-order chi connectivity index (χ1) is 15.5. The van der Waals surface area contributed by atoms with Crippen molar-refractivity contribution in [3.63, 3.8) is 0 Å². The number of aromatic nitrogens is 2. The summed E-state index contributed by atoms with van der Waals surface area (Å²) < 4.78 is 6.98. The maximum absolute atomic E-state index is 13.0. The fourth-order valence-corrected chi connectivity index (χ4v) is 3.63. The lowest BCUT2D eigenvalue weighted by molar-refractivity contribution is -0.134. The lowest BCUT2D eigenvalue weighted by Gasteiger charge is -2.21. The third-order valence-electron chi connectivity index (χ3n) is 5.18. The third-order valence-corrected chi connectivity index (χ3v) is 5.18. The molecule has 168 valence electrons. The van der Waals surface area contributed by atoms with Crippen LogP contribution < -0.4 is 10.1 Å². The van der Waals surface area contributed by atoms with Gasteiger partial charge in [-0.1, -0.05) is 44.2 Å². The van der Waals surface area contributed by atoms with Gasteiger partial charge in [0.1, 0.15) is 11.6 Å². The van der Waals surface area contributed by atoms with Gasteiger partial charge in [0.25, 0.3) is 0 Å². The van der Waals surface area contributed by atoms with Crippen LogP contribution in [-0.2, 0) is 9.59 Å². The molecule has 7 nitrogen and oxygen atoms in total. The first kappa shape index (κ1) is 23.1. The van der Waals surface area contributed by atoms with Crippen molar-refractivity contribution in [2.75, 3.05) is 25.5 Å². The second-order valence-corrected chi connectivity index (χ2v) is 7.50. The highest BCUT2D eigenvalue weighted by Gasteiger charge is 2.22. The average Bonchev–Trinajstić information content (AvgIpc) is 3.14. The van der Waals surface area contributed by atoms with Crippen molar-refractivity contribution in [1.29, 1.82) is 0 Å². The summed E-state index contributed by atoms with van der Waals surface area (Å²) in [5.74, 6) is 1.02. The van der Waals surface area contributed by atoms with E-state index in [1.165, 1.54) is 0 Å². The highest BCUT2D eigenvalue weighted by molar-refractivity contribution is 5.98. The first-order valence-electron chi connectivity index (χ1n) is 10.9.